The summed E-state index contributed by atoms with van der Waals surface area (Å²) in [6.45, 7) is 6.28. The van der Waals surface area contributed by atoms with Crippen LogP contribution >= 0.6 is 0 Å². The molecule has 2 aliphatic heterocycles. The Morgan fingerprint density at radius 1 is 1.23 bits per heavy atom. The van der Waals surface area contributed by atoms with Gasteiger partial charge >= 0.3 is 0 Å². The van der Waals surface area contributed by atoms with Gasteiger partial charge in [-0.25, -0.2) is 0 Å². The Balaban J connectivity index is 1.58. The minimum absolute atomic E-state index is 0.0770. The number of nitrogens with zero attached hydrogens (tertiary/aromatic N) is 3. The van der Waals surface area contributed by atoms with E-state index < -0.39 is 5.92 Å². The highest BCUT2D eigenvalue weighted by Gasteiger charge is 2.32. The van der Waals surface area contributed by atoms with E-state index in [4.69, 9.17) is 0 Å². The van der Waals surface area contributed by atoms with E-state index in [-0.39, 0.29) is 29.8 Å². The first-order valence-corrected chi connectivity index (χ1v) is 10.4. The summed E-state index contributed by atoms with van der Waals surface area (Å²) in [5.74, 6) is -1.12. The largest absolute Gasteiger partial charge is 0.323 e. The number of piperidine rings is 1. The molecule has 9 heteroatoms. The van der Waals surface area contributed by atoms with Crippen LogP contribution in [0.2, 0.25) is 0 Å². The zero-order valence-corrected chi connectivity index (χ0v) is 17.6. The SMILES string of the molecule is C[C@@H]1CNC[C@H](C)N1CC(=O)Nc1cccc2c(C3CCC(=O)NC3=O)nn(C)c12. The molecule has 0 saturated carbocycles. The van der Waals surface area contributed by atoms with Crippen LogP contribution in [0.3, 0.4) is 0 Å². The number of piperazine rings is 1. The van der Waals surface area contributed by atoms with Crippen LogP contribution in [-0.2, 0) is 21.4 Å². The number of amides is 3. The molecule has 4 rings (SSSR count). The smallest absolute Gasteiger partial charge is 0.238 e. The standard InChI is InChI=1S/C21H28N6O3/c1-12-9-22-10-13(2)27(12)11-18(29)23-16-6-4-5-14-19(25-26(3)20(14)16)15-7-8-17(28)24-21(15)30/h4-6,12-13,15,22H,7-11H2,1-3H3,(H,23,29)(H,24,28,30)/t12-,13+,15?. The molecule has 2 aliphatic rings. The highest BCUT2D eigenvalue weighted by Crippen LogP contribution is 2.33. The number of para-hydroxylation sites is 1. The van der Waals surface area contributed by atoms with E-state index in [1.165, 1.54) is 0 Å². The maximum atomic E-state index is 12.8. The number of hydrogen-bond acceptors (Lipinski definition) is 6. The van der Waals surface area contributed by atoms with E-state index in [0.29, 0.717) is 30.8 Å². The lowest BCUT2D eigenvalue weighted by molar-refractivity contribution is -0.134. The number of anilines is 1. The van der Waals surface area contributed by atoms with Gasteiger partial charge in [-0.15, -0.1) is 0 Å². The molecule has 1 aromatic carbocycles. The van der Waals surface area contributed by atoms with Crippen molar-refractivity contribution < 1.29 is 14.4 Å². The molecule has 2 aromatic rings. The zero-order valence-electron chi connectivity index (χ0n) is 17.6. The average molecular weight is 412 g/mol. The summed E-state index contributed by atoms with van der Waals surface area (Å²) in [5, 5.41) is 14.2. The average Bonchev–Trinajstić information content (AvgIpc) is 3.02. The molecule has 0 bridgehead atoms. The first-order valence-electron chi connectivity index (χ1n) is 10.4. The van der Waals surface area contributed by atoms with E-state index in [2.05, 4.69) is 39.8 Å². The van der Waals surface area contributed by atoms with Crippen LogP contribution in [-0.4, -0.2) is 64.1 Å². The number of fused-ring (bicyclic) bond motifs is 1. The summed E-state index contributed by atoms with van der Waals surface area (Å²) in [5.41, 5.74) is 2.08. The summed E-state index contributed by atoms with van der Waals surface area (Å²) in [7, 11) is 1.80. The quantitative estimate of drug-likeness (QED) is 0.639. The van der Waals surface area contributed by atoms with Gasteiger partial charge in [-0.05, 0) is 26.3 Å². The van der Waals surface area contributed by atoms with Crippen molar-refractivity contribution in [1.29, 1.82) is 0 Å². The van der Waals surface area contributed by atoms with Gasteiger partial charge in [-0.1, -0.05) is 12.1 Å². The lowest BCUT2D eigenvalue weighted by Gasteiger charge is -2.38. The fourth-order valence-corrected chi connectivity index (χ4v) is 4.51. The van der Waals surface area contributed by atoms with E-state index in [1.807, 2.05) is 18.2 Å². The molecule has 160 valence electrons. The lowest BCUT2D eigenvalue weighted by atomic mass is 9.92. The Morgan fingerprint density at radius 2 is 1.97 bits per heavy atom. The molecule has 0 spiro atoms. The number of aromatic nitrogens is 2. The van der Waals surface area contributed by atoms with Gasteiger partial charge in [-0.2, -0.15) is 5.10 Å². The summed E-state index contributed by atoms with van der Waals surface area (Å²) in [4.78, 5) is 38.9. The molecule has 3 heterocycles. The molecule has 9 nitrogen and oxygen atoms in total. The maximum absolute atomic E-state index is 12.8. The molecule has 2 fully saturated rings. The van der Waals surface area contributed by atoms with Crippen LogP contribution in [0.4, 0.5) is 5.69 Å². The minimum Gasteiger partial charge on any atom is -0.323 e. The van der Waals surface area contributed by atoms with Crippen molar-refractivity contribution in [3.8, 4) is 0 Å². The van der Waals surface area contributed by atoms with Crippen LogP contribution in [0.15, 0.2) is 18.2 Å². The van der Waals surface area contributed by atoms with Crippen molar-refractivity contribution in [3.05, 3.63) is 23.9 Å². The van der Waals surface area contributed by atoms with Gasteiger partial charge in [-0.3, -0.25) is 29.3 Å². The van der Waals surface area contributed by atoms with Crippen molar-refractivity contribution >= 4 is 34.3 Å². The van der Waals surface area contributed by atoms with Crippen LogP contribution in [0, 0.1) is 0 Å². The molecular formula is C21H28N6O3. The summed E-state index contributed by atoms with van der Waals surface area (Å²) in [6, 6.07) is 6.17. The van der Waals surface area contributed by atoms with Crippen molar-refractivity contribution in [2.75, 3.05) is 25.0 Å². The van der Waals surface area contributed by atoms with Crippen molar-refractivity contribution in [2.45, 2.75) is 44.7 Å². The van der Waals surface area contributed by atoms with Crippen molar-refractivity contribution in [1.82, 2.24) is 25.3 Å². The number of nitrogens with one attached hydrogen (secondary N) is 3. The molecule has 3 amide bonds. The van der Waals surface area contributed by atoms with E-state index >= 15 is 0 Å². The molecule has 1 unspecified atom stereocenters. The fraction of sp³-hybridized carbons (Fsp3) is 0.524. The van der Waals surface area contributed by atoms with Gasteiger partial charge in [0.2, 0.25) is 17.7 Å². The number of carbonyl (C=O) groups is 3. The van der Waals surface area contributed by atoms with Crippen LogP contribution in [0.1, 0.15) is 38.3 Å². The van der Waals surface area contributed by atoms with E-state index in [1.54, 1.807) is 11.7 Å². The second kappa shape index (κ2) is 8.16. The number of hydrogen-bond donors (Lipinski definition) is 3. The van der Waals surface area contributed by atoms with Gasteiger partial charge in [0.15, 0.2) is 0 Å². The second-order valence-electron chi connectivity index (χ2n) is 8.29. The Hall–Kier alpha value is -2.78. The topological polar surface area (TPSA) is 108 Å². The third-order valence-electron chi connectivity index (χ3n) is 6.07. The molecule has 0 radical (unpaired) electrons. The number of carbonyl (C=O) groups excluding carboxylic acids is 3. The van der Waals surface area contributed by atoms with Gasteiger partial charge in [0.05, 0.1) is 29.4 Å². The van der Waals surface area contributed by atoms with Crippen molar-refractivity contribution in [3.63, 3.8) is 0 Å². The molecule has 3 N–H and O–H groups in total. The van der Waals surface area contributed by atoms with Crippen LogP contribution < -0.4 is 16.0 Å². The third-order valence-corrected chi connectivity index (χ3v) is 6.07. The molecule has 3 atom stereocenters. The fourth-order valence-electron chi connectivity index (χ4n) is 4.51. The predicted octanol–water partition coefficient (Wildman–Crippen LogP) is 0.714. The summed E-state index contributed by atoms with van der Waals surface area (Å²) in [6.07, 6.45) is 0.734. The molecule has 2 saturated heterocycles. The number of benzene rings is 1. The van der Waals surface area contributed by atoms with Gasteiger partial charge in [0, 0.05) is 44.0 Å². The Kier molecular flexibility index (Phi) is 5.57. The molecule has 1 aromatic heterocycles. The zero-order chi connectivity index (χ0) is 21.4. The summed E-state index contributed by atoms with van der Waals surface area (Å²) >= 11 is 0. The second-order valence-corrected chi connectivity index (χ2v) is 8.29. The van der Waals surface area contributed by atoms with Crippen molar-refractivity contribution in [2.24, 2.45) is 7.05 Å². The monoisotopic (exact) mass is 412 g/mol. The third kappa shape index (κ3) is 3.82. The van der Waals surface area contributed by atoms with Gasteiger partial charge < -0.3 is 10.6 Å². The van der Waals surface area contributed by atoms with E-state index in [9.17, 15) is 14.4 Å². The minimum atomic E-state index is -0.472. The first-order chi connectivity index (χ1) is 14.3. The molecule has 0 aliphatic carbocycles. The Morgan fingerprint density at radius 3 is 2.67 bits per heavy atom. The molecular weight excluding hydrogens is 384 g/mol. The number of rotatable bonds is 4. The van der Waals surface area contributed by atoms with Crippen LogP contribution in [0.25, 0.3) is 10.9 Å². The Bertz CT molecular complexity index is 990. The maximum Gasteiger partial charge on any atom is 0.238 e. The number of aryl methyl sites for hydroxylation is 1. The van der Waals surface area contributed by atoms with E-state index in [0.717, 1.165) is 24.0 Å². The molecule has 30 heavy (non-hydrogen) atoms. The van der Waals surface area contributed by atoms with Gasteiger partial charge in [0.25, 0.3) is 0 Å². The van der Waals surface area contributed by atoms with Crippen LogP contribution in [0.5, 0.6) is 0 Å². The highest BCUT2D eigenvalue weighted by atomic mass is 16.2. The predicted molar refractivity (Wildman–Crippen MR) is 113 cm³/mol. The number of imide groups is 1. The summed E-state index contributed by atoms with van der Waals surface area (Å²) < 4.78 is 1.69. The Labute approximate surface area is 175 Å². The highest BCUT2D eigenvalue weighted by molar-refractivity contribution is 6.05. The first kappa shape index (κ1) is 20.5. The van der Waals surface area contributed by atoms with Gasteiger partial charge in [0.1, 0.15) is 0 Å². The normalized spacial score (nSPS) is 25.4. The lowest BCUT2D eigenvalue weighted by Crippen LogP contribution is -2.56.